The van der Waals surface area contributed by atoms with E-state index < -0.39 is 5.97 Å². The van der Waals surface area contributed by atoms with Crippen LogP contribution >= 0.6 is 11.8 Å². The Bertz CT molecular complexity index is 568. The van der Waals surface area contributed by atoms with Crippen LogP contribution in [0, 0.1) is 5.92 Å². The van der Waals surface area contributed by atoms with E-state index in [1.54, 1.807) is 12.1 Å². The average molecular weight is 364 g/mol. The maximum atomic E-state index is 12.3. The quantitative estimate of drug-likeness (QED) is 0.672. The largest absolute Gasteiger partial charge is 0.478 e. The van der Waals surface area contributed by atoms with Gasteiger partial charge in [-0.05, 0) is 49.0 Å². The number of likely N-dealkylation sites (tertiary alicyclic amines) is 1. The molecule has 0 aliphatic carbocycles. The predicted molar refractivity (Wildman–Crippen MR) is 103 cm³/mol. The molecule has 1 aliphatic heterocycles. The summed E-state index contributed by atoms with van der Waals surface area (Å²) >= 11 is 1.87. The number of carboxylic acid groups (broad SMARTS) is 1. The number of carbonyl (C=O) groups excluding carboxylic acids is 1. The van der Waals surface area contributed by atoms with Crippen molar-refractivity contribution >= 4 is 23.6 Å². The molecule has 25 heavy (non-hydrogen) atoms. The zero-order valence-electron chi connectivity index (χ0n) is 15.1. The van der Waals surface area contributed by atoms with Gasteiger partial charge >= 0.3 is 5.97 Å². The summed E-state index contributed by atoms with van der Waals surface area (Å²) in [6.07, 6.45) is 5.78. The maximum Gasteiger partial charge on any atom is 0.335 e. The first kappa shape index (κ1) is 19.8. The van der Waals surface area contributed by atoms with Crippen LogP contribution in [-0.4, -0.2) is 46.5 Å². The smallest absolute Gasteiger partial charge is 0.335 e. The monoisotopic (exact) mass is 363 g/mol. The van der Waals surface area contributed by atoms with Gasteiger partial charge in [0.1, 0.15) is 0 Å². The van der Waals surface area contributed by atoms with Crippen molar-refractivity contribution in [3.63, 3.8) is 0 Å². The van der Waals surface area contributed by atoms with E-state index in [2.05, 4.69) is 6.92 Å². The Kier molecular flexibility index (Phi) is 8.32. The van der Waals surface area contributed by atoms with Gasteiger partial charge in [0.2, 0.25) is 5.91 Å². The molecule has 1 saturated heterocycles. The minimum atomic E-state index is -0.858. The Balaban J connectivity index is 1.74. The molecule has 0 aromatic heterocycles. The van der Waals surface area contributed by atoms with Crippen molar-refractivity contribution in [1.29, 1.82) is 0 Å². The highest BCUT2D eigenvalue weighted by molar-refractivity contribution is 7.99. The first-order valence-corrected chi connectivity index (χ1v) is 10.4. The molecule has 1 aliphatic rings. The fourth-order valence-corrected chi connectivity index (χ4v) is 4.29. The van der Waals surface area contributed by atoms with Crippen molar-refractivity contribution in [2.75, 3.05) is 24.6 Å². The molecule has 138 valence electrons. The Labute approximate surface area is 155 Å². The fraction of sp³-hybridized carbons (Fsp3) is 0.600. The lowest BCUT2D eigenvalue weighted by atomic mass is 9.88. The van der Waals surface area contributed by atoms with Gasteiger partial charge in [-0.3, -0.25) is 4.79 Å². The molecule has 0 bridgehead atoms. The van der Waals surface area contributed by atoms with Crippen LogP contribution in [0.2, 0.25) is 0 Å². The lowest BCUT2D eigenvalue weighted by molar-refractivity contribution is -0.132. The number of nitrogens with zero attached hydrogens (tertiary/aromatic N) is 1. The minimum absolute atomic E-state index is 0.272. The van der Waals surface area contributed by atoms with Gasteiger partial charge in [-0.15, -0.1) is 0 Å². The van der Waals surface area contributed by atoms with E-state index in [0.29, 0.717) is 17.9 Å². The summed E-state index contributed by atoms with van der Waals surface area (Å²) in [5.74, 6) is 1.94. The second-order valence-electron chi connectivity index (χ2n) is 6.71. The molecule has 1 fully saturated rings. The molecule has 0 spiro atoms. The lowest BCUT2D eigenvalue weighted by Crippen LogP contribution is -2.39. The number of piperidine rings is 1. The number of unbranched alkanes of at least 4 members (excludes halogenated alkanes) is 1. The molecule has 1 aromatic carbocycles. The van der Waals surface area contributed by atoms with Gasteiger partial charge in [0.05, 0.1) is 5.56 Å². The zero-order valence-corrected chi connectivity index (χ0v) is 15.9. The first-order valence-electron chi connectivity index (χ1n) is 9.28. The molecule has 1 N–H and O–H groups in total. The third kappa shape index (κ3) is 6.38. The molecule has 1 heterocycles. The zero-order chi connectivity index (χ0) is 18.1. The summed E-state index contributed by atoms with van der Waals surface area (Å²) in [7, 11) is 0. The van der Waals surface area contributed by atoms with Crippen molar-refractivity contribution in [2.24, 2.45) is 5.92 Å². The van der Waals surface area contributed by atoms with Gasteiger partial charge in [0.15, 0.2) is 0 Å². The number of carbonyl (C=O) groups is 2. The molecule has 0 atom stereocenters. The van der Waals surface area contributed by atoms with Gasteiger partial charge in [0, 0.05) is 25.3 Å². The Hall–Kier alpha value is -1.49. The van der Waals surface area contributed by atoms with Gasteiger partial charge in [-0.25, -0.2) is 4.79 Å². The Morgan fingerprint density at radius 2 is 1.92 bits per heavy atom. The summed E-state index contributed by atoms with van der Waals surface area (Å²) < 4.78 is 0. The van der Waals surface area contributed by atoms with Crippen LogP contribution in [-0.2, 0) is 11.2 Å². The number of benzene rings is 1. The minimum Gasteiger partial charge on any atom is -0.478 e. The van der Waals surface area contributed by atoms with E-state index in [-0.39, 0.29) is 5.91 Å². The van der Waals surface area contributed by atoms with E-state index >= 15 is 0 Å². The summed E-state index contributed by atoms with van der Waals surface area (Å²) in [5, 5.41) is 9.29. The molecule has 1 amide bonds. The van der Waals surface area contributed by atoms with E-state index in [4.69, 9.17) is 0 Å². The van der Waals surface area contributed by atoms with E-state index in [9.17, 15) is 14.7 Å². The van der Waals surface area contributed by atoms with Crippen LogP contribution < -0.4 is 0 Å². The standard InChI is InChI=1S/C20H29NO3S/c1-2-3-13-25-14-10-19(22)21-11-8-16(9-12-21)15-17-6-4-5-7-18(17)20(23)24/h4-7,16H,2-3,8-15H2,1H3,(H,23,24). The molecular weight excluding hydrogens is 334 g/mol. The van der Waals surface area contributed by atoms with E-state index in [1.165, 1.54) is 12.8 Å². The van der Waals surface area contributed by atoms with E-state index in [1.807, 2.05) is 28.8 Å². The highest BCUT2D eigenvalue weighted by Gasteiger charge is 2.23. The summed E-state index contributed by atoms with van der Waals surface area (Å²) in [5.41, 5.74) is 1.32. The number of aromatic carboxylic acids is 1. The molecule has 1 aromatic rings. The topological polar surface area (TPSA) is 57.6 Å². The van der Waals surface area contributed by atoms with Gasteiger partial charge < -0.3 is 10.0 Å². The van der Waals surface area contributed by atoms with Crippen molar-refractivity contribution in [1.82, 2.24) is 4.90 Å². The summed E-state index contributed by atoms with van der Waals surface area (Å²) in [6.45, 7) is 3.79. The number of hydrogen-bond donors (Lipinski definition) is 1. The van der Waals surface area contributed by atoms with Gasteiger partial charge in [0.25, 0.3) is 0 Å². The molecule has 0 unspecified atom stereocenters. The van der Waals surface area contributed by atoms with Crippen LogP contribution in [0.15, 0.2) is 24.3 Å². The third-order valence-corrected chi connectivity index (χ3v) is 5.90. The molecule has 2 rings (SSSR count). The number of rotatable bonds is 9. The maximum absolute atomic E-state index is 12.3. The van der Waals surface area contributed by atoms with Crippen molar-refractivity contribution in [3.8, 4) is 0 Å². The van der Waals surface area contributed by atoms with E-state index in [0.717, 1.165) is 49.4 Å². The average Bonchev–Trinajstić information content (AvgIpc) is 2.62. The van der Waals surface area contributed by atoms with Crippen LogP contribution in [0.3, 0.4) is 0 Å². The number of hydrogen-bond acceptors (Lipinski definition) is 3. The third-order valence-electron chi connectivity index (χ3n) is 4.83. The Morgan fingerprint density at radius 1 is 1.20 bits per heavy atom. The summed E-state index contributed by atoms with van der Waals surface area (Å²) in [6, 6.07) is 7.25. The fourth-order valence-electron chi connectivity index (χ4n) is 3.27. The van der Waals surface area contributed by atoms with Crippen LogP contribution in [0.4, 0.5) is 0 Å². The Morgan fingerprint density at radius 3 is 2.60 bits per heavy atom. The number of amides is 1. The molecule has 5 heteroatoms. The highest BCUT2D eigenvalue weighted by Crippen LogP contribution is 2.24. The second kappa shape index (κ2) is 10.5. The predicted octanol–water partition coefficient (Wildman–Crippen LogP) is 4.09. The summed E-state index contributed by atoms with van der Waals surface area (Å²) in [4.78, 5) is 25.6. The lowest BCUT2D eigenvalue weighted by Gasteiger charge is -2.32. The molecular formula is C20H29NO3S. The molecule has 0 saturated carbocycles. The normalized spacial score (nSPS) is 15.3. The van der Waals surface area contributed by atoms with Gasteiger partial charge in [-0.1, -0.05) is 31.5 Å². The first-order chi connectivity index (χ1) is 12.1. The second-order valence-corrected chi connectivity index (χ2v) is 7.93. The van der Waals surface area contributed by atoms with Crippen LogP contribution in [0.25, 0.3) is 0 Å². The van der Waals surface area contributed by atoms with Crippen LogP contribution in [0.5, 0.6) is 0 Å². The molecule has 4 nitrogen and oxygen atoms in total. The SMILES string of the molecule is CCCCSCCC(=O)N1CCC(Cc2ccccc2C(=O)O)CC1. The molecule has 0 radical (unpaired) electrons. The highest BCUT2D eigenvalue weighted by atomic mass is 32.2. The van der Waals surface area contributed by atoms with Crippen molar-refractivity contribution in [3.05, 3.63) is 35.4 Å². The van der Waals surface area contributed by atoms with Crippen LogP contribution in [0.1, 0.15) is 54.9 Å². The van der Waals surface area contributed by atoms with Gasteiger partial charge in [-0.2, -0.15) is 11.8 Å². The van der Waals surface area contributed by atoms with Crippen molar-refractivity contribution < 1.29 is 14.7 Å². The number of thioether (sulfide) groups is 1. The number of carboxylic acids is 1. The van der Waals surface area contributed by atoms with Crippen molar-refractivity contribution in [2.45, 2.75) is 45.4 Å².